The Bertz CT molecular complexity index is 534. The van der Waals surface area contributed by atoms with Gasteiger partial charge in [-0.1, -0.05) is 39.7 Å². The second kappa shape index (κ2) is 6.10. The molecule has 1 aromatic carbocycles. The molecule has 0 unspecified atom stereocenters. The van der Waals surface area contributed by atoms with Crippen molar-refractivity contribution >= 4 is 54.8 Å². The van der Waals surface area contributed by atoms with Crippen molar-refractivity contribution < 1.29 is 8.42 Å². The van der Waals surface area contributed by atoms with Crippen LogP contribution in [0.15, 0.2) is 27.6 Å². The van der Waals surface area contributed by atoms with Crippen LogP contribution in [0.1, 0.15) is 6.42 Å². The molecule has 0 saturated heterocycles. The summed E-state index contributed by atoms with van der Waals surface area (Å²) in [7, 11) is -3.62. The van der Waals surface area contributed by atoms with Crippen molar-refractivity contribution in [3.63, 3.8) is 0 Å². The third-order valence-electron chi connectivity index (χ3n) is 1.85. The SMILES string of the molecule is NC(=S)CCNS(=O)(=O)c1ccc(Br)cc1Cl. The Kier molecular flexibility index (Phi) is 5.33. The molecule has 0 amide bonds. The lowest BCUT2D eigenvalue weighted by atomic mass is 10.4. The largest absolute Gasteiger partial charge is 0.393 e. The molecule has 94 valence electrons. The highest BCUT2D eigenvalue weighted by Crippen LogP contribution is 2.24. The van der Waals surface area contributed by atoms with Gasteiger partial charge in [-0.3, -0.25) is 0 Å². The van der Waals surface area contributed by atoms with Gasteiger partial charge in [-0.25, -0.2) is 13.1 Å². The molecule has 0 aliphatic heterocycles. The van der Waals surface area contributed by atoms with Gasteiger partial charge in [0.15, 0.2) is 0 Å². The van der Waals surface area contributed by atoms with Gasteiger partial charge in [0.1, 0.15) is 4.90 Å². The van der Waals surface area contributed by atoms with Gasteiger partial charge in [0, 0.05) is 17.4 Å². The van der Waals surface area contributed by atoms with Crippen LogP contribution < -0.4 is 10.5 Å². The van der Waals surface area contributed by atoms with E-state index in [-0.39, 0.29) is 21.5 Å². The third kappa shape index (κ3) is 4.51. The van der Waals surface area contributed by atoms with Crippen molar-refractivity contribution in [2.24, 2.45) is 5.73 Å². The molecule has 0 aromatic heterocycles. The van der Waals surface area contributed by atoms with E-state index in [1.165, 1.54) is 12.1 Å². The summed E-state index contributed by atoms with van der Waals surface area (Å²) in [6.45, 7) is 0.157. The van der Waals surface area contributed by atoms with Crippen molar-refractivity contribution in [3.8, 4) is 0 Å². The van der Waals surface area contributed by atoms with Crippen LogP contribution in [0.3, 0.4) is 0 Å². The van der Waals surface area contributed by atoms with E-state index in [9.17, 15) is 8.42 Å². The van der Waals surface area contributed by atoms with Crippen LogP contribution in [0.2, 0.25) is 5.02 Å². The molecule has 3 N–H and O–H groups in total. The molecule has 0 aliphatic rings. The summed E-state index contributed by atoms with van der Waals surface area (Å²) in [6.07, 6.45) is 0.308. The minimum Gasteiger partial charge on any atom is -0.393 e. The maximum Gasteiger partial charge on any atom is 0.242 e. The first-order valence-corrected chi connectivity index (χ1v) is 7.62. The van der Waals surface area contributed by atoms with Crippen LogP contribution in [0.25, 0.3) is 0 Å². The lowest BCUT2D eigenvalue weighted by Crippen LogP contribution is -2.27. The minimum atomic E-state index is -3.62. The lowest BCUT2D eigenvalue weighted by molar-refractivity contribution is 0.583. The highest BCUT2D eigenvalue weighted by Gasteiger charge is 2.17. The predicted octanol–water partition coefficient (Wildman–Crippen LogP) is 2.06. The summed E-state index contributed by atoms with van der Waals surface area (Å²) in [4.78, 5) is 0.292. The third-order valence-corrected chi connectivity index (χ3v) is 4.49. The van der Waals surface area contributed by atoms with Crippen molar-refractivity contribution in [1.29, 1.82) is 0 Å². The molecule has 0 spiro atoms. The molecule has 0 atom stereocenters. The van der Waals surface area contributed by atoms with Gasteiger partial charge in [-0.2, -0.15) is 0 Å². The highest BCUT2D eigenvalue weighted by atomic mass is 79.9. The molecule has 1 rings (SSSR count). The number of sulfonamides is 1. The van der Waals surface area contributed by atoms with Crippen LogP contribution in [-0.4, -0.2) is 20.0 Å². The van der Waals surface area contributed by atoms with Gasteiger partial charge in [-0.15, -0.1) is 0 Å². The van der Waals surface area contributed by atoms with Gasteiger partial charge in [0.2, 0.25) is 10.0 Å². The minimum absolute atomic E-state index is 0.0327. The molecule has 1 aromatic rings. The number of benzene rings is 1. The summed E-state index contributed by atoms with van der Waals surface area (Å²) >= 11 is 13.7. The number of nitrogens with one attached hydrogen (secondary N) is 1. The van der Waals surface area contributed by atoms with E-state index in [4.69, 9.17) is 17.3 Å². The van der Waals surface area contributed by atoms with E-state index in [1.807, 2.05) is 0 Å². The quantitative estimate of drug-likeness (QED) is 0.791. The first kappa shape index (κ1) is 14.8. The van der Waals surface area contributed by atoms with Gasteiger partial charge in [0.25, 0.3) is 0 Å². The van der Waals surface area contributed by atoms with Crippen molar-refractivity contribution in [2.45, 2.75) is 11.3 Å². The van der Waals surface area contributed by atoms with Crippen LogP contribution in [0, 0.1) is 0 Å². The topological polar surface area (TPSA) is 72.2 Å². The van der Waals surface area contributed by atoms with E-state index >= 15 is 0 Å². The van der Waals surface area contributed by atoms with Gasteiger partial charge in [-0.05, 0) is 18.2 Å². The van der Waals surface area contributed by atoms with Crippen molar-refractivity contribution in [3.05, 3.63) is 27.7 Å². The van der Waals surface area contributed by atoms with Crippen LogP contribution >= 0.6 is 39.7 Å². The Morgan fingerprint density at radius 3 is 2.71 bits per heavy atom. The molecular formula is C9H10BrClN2O2S2. The predicted molar refractivity (Wildman–Crippen MR) is 75.7 cm³/mol. The number of nitrogens with two attached hydrogens (primary N) is 1. The maximum absolute atomic E-state index is 11.9. The summed E-state index contributed by atoms with van der Waals surface area (Å²) in [6, 6.07) is 4.55. The molecule has 8 heteroatoms. The van der Waals surface area contributed by atoms with E-state index in [0.29, 0.717) is 10.9 Å². The van der Waals surface area contributed by atoms with E-state index < -0.39 is 10.0 Å². The number of halogens is 2. The Morgan fingerprint density at radius 1 is 1.53 bits per heavy atom. The standard InChI is InChI=1S/C9H10BrClN2O2S2/c10-6-1-2-8(7(11)5-6)17(14,15)13-4-3-9(12)16/h1-2,5,13H,3-4H2,(H2,12,16). The lowest BCUT2D eigenvalue weighted by Gasteiger charge is -2.08. The first-order chi connectivity index (χ1) is 7.83. The van der Waals surface area contributed by atoms with Crippen molar-refractivity contribution in [2.75, 3.05) is 6.54 Å². The van der Waals surface area contributed by atoms with Crippen LogP contribution in [-0.2, 0) is 10.0 Å². The fourth-order valence-electron chi connectivity index (χ4n) is 1.08. The fraction of sp³-hybridized carbons (Fsp3) is 0.222. The normalized spacial score (nSPS) is 11.4. The molecule has 0 bridgehead atoms. The summed E-state index contributed by atoms with van der Waals surface area (Å²) in [5.74, 6) is 0. The first-order valence-electron chi connectivity index (χ1n) is 4.56. The number of hydrogen-bond acceptors (Lipinski definition) is 3. The average molecular weight is 358 g/mol. The highest BCUT2D eigenvalue weighted by molar-refractivity contribution is 9.10. The fourth-order valence-corrected chi connectivity index (χ4v) is 3.25. The van der Waals surface area contributed by atoms with Crippen LogP contribution in [0.5, 0.6) is 0 Å². The van der Waals surface area contributed by atoms with Gasteiger partial charge in [0.05, 0.1) is 10.0 Å². The van der Waals surface area contributed by atoms with Gasteiger partial charge >= 0.3 is 0 Å². The Hall–Kier alpha value is -0.210. The molecule has 0 saturated carbocycles. The van der Waals surface area contributed by atoms with Gasteiger partial charge < -0.3 is 5.73 Å². The van der Waals surface area contributed by atoms with E-state index in [0.717, 1.165) is 0 Å². The molecule has 0 heterocycles. The zero-order valence-corrected chi connectivity index (χ0v) is 12.6. The number of thiocarbonyl (C=S) groups is 1. The summed E-state index contributed by atoms with van der Waals surface area (Å²) < 4.78 is 26.8. The maximum atomic E-state index is 11.9. The molecule has 0 fully saturated rings. The number of rotatable bonds is 5. The van der Waals surface area contributed by atoms with Crippen LogP contribution in [0.4, 0.5) is 0 Å². The summed E-state index contributed by atoms with van der Waals surface area (Å²) in [5.41, 5.74) is 5.27. The zero-order valence-electron chi connectivity index (χ0n) is 8.61. The molecular weight excluding hydrogens is 348 g/mol. The molecule has 4 nitrogen and oxygen atoms in total. The second-order valence-corrected chi connectivity index (χ2v) is 6.77. The summed E-state index contributed by atoms with van der Waals surface area (Å²) in [5, 5.41) is 0.155. The molecule has 0 radical (unpaired) electrons. The van der Waals surface area contributed by atoms with E-state index in [2.05, 4.69) is 32.9 Å². The monoisotopic (exact) mass is 356 g/mol. The average Bonchev–Trinajstić information content (AvgIpc) is 2.15. The van der Waals surface area contributed by atoms with E-state index in [1.54, 1.807) is 6.07 Å². The zero-order chi connectivity index (χ0) is 13.1. The molecule has 17 heavy (non-hydrogen) atoms. The Morgan fingerprint density at radius 2 is 2.18 bits per heavy atom. The smallest absolute Gasteiger partial charge is 0.242 e. The Balaban J connectivity index is 2.86. The molecule has 0 aliphatic carbocycles. The number of hydrogen-bond donors (Lipinski definition) is 2. The Labute approximate surface area is 119 Å². The van der Waals surface area contributed by atoms with Crippen molar-refractivity contribution in [1.82, 2.24) is 4.72 Å². The second-order valence-electron chi connectivity index (χ2n) is 3.19.